The Morgan fingerprint density at radius 2 is 1.74 bits per heavy atom. The zero-order chi connectivity index (χ0) is 13.5. The lowest BCUT2D eigenvalue weighted by Gasteiger charge is -2.19. The number of nitrogens with one attached hydrogen (secondary N) is 1. The van der Waals surface area contributed by atoms with Crippen molar-refractivity contribution in [2.45, 2.75) is 32.3 Å². The van der Waals surface area contributed by atoms with Gasteiger partial charge >= 0.3 is 0 Å². The second kappa shape index (κ2) is 9.95. The Morgan fingerprint density at radius 1 is 1.16 bits per heavy atom. The standard InChI is InChI=1S/C13H18Cl3NO.ClH/c1-3-4-9(5-6-17-2)18-10-7-11(14)13(16)12(15)8-10;/h7-9,17H,3-6H2,1-2H3;1H/t9-;/m0./s1. The molecule has 1 N–H and O–H groups in total. The van der Waals surface area contributed by atoms with Crippen molar-refractivity contribution in [2.75, 3.05) is 13.6 Å². The topological polar surface area (TPSA) is 21.3 Å². The zero-order valence-electron chi connectivity index (χ0n) is 11.0. The van der Waals surface area contributed by atoms with Crippen LogP contribution in [-0.2, 0) is 0 Å². The van der Waals surface area contributed by atoms with E-state index in [-0.39, 0.29) is 18.5 Å². The van der Waals surface area contributed by atoms with Crippen molar-refractivity contribution in [2.24, 2.45) is 0 Å². The van der Waals surface area contributed by atoms with Crippen LogP contribution in [0.1, 0.15) is 26.2 Å². The lowest BCUT2D eigenvalue weighted by molar-refractivity contribution is 0.180. The van der Waals surface area contributed by atoms with E-state index >= 15 is 0 Å². The summed E-state index contributed by atoms with van der Waals surface area (Å²) in [5, 5.41) is 4.33. The van der Waals surface area contributed by atoms with Gasteiger partial charge in [0.25, 0.3) is 0 Å². The summed E-state index contributed by atoms with van der Waals surface area (Å²) in [6.45, 7) is 3.05. The highest BCUT2D eigenvalue weighted by molar-refractivity contribution is 6.48. The summed E-state index contributed by atoms with van der Waals surface area (Å²) >= 11 is 17.9. The van der Waals surface area contributed by atoms with Crippen LogP contribution >= 0.6 is 47.2 Å². The number of ether oxygens (including phenoxy) is 1. The van der Waals surface area contributed by atoms with E-state index in [2.05, 4.69) is 12.2 Å². The van der Waals surface area contributed by atoms with E-state index in [0.717, 1.165) is 25.8 Å². The minimum Gasteiger partial charge on any atom is -0.490 e. The van der Waals surface area contributed by atoms with E-state index in [0.29, 0.717) is 20.8 Å². The van der Waals surface area contributed by atoms with Gasteiger partial charge in [-0.1, -0.05) is 48.1 Å². The second-order valence-electron chi connectivity index (χ2n) is 4.12. The minimum absolute atomic E-state index is 0. The maximum atomic E-state index is 5.98. The van der Waals surface area contributed by atoms with Gasteiger partial charge in [0.05, 0.1) is 21.2 Å². The van der Waals surface area contributed by atoms with Crippen LogP contribution in [0.5, 0.6) is 5.75 Å². The van der Waals surface area contributed by atoms with Crippen LogP contribution in [0.2, 0.25) is 15.1 Å². The van der Waals surface area contributed by atoms with Gasteiger partial charge in [0.15, 0.2) is 0 Å². The predicted octanol–water partition coefficient (Wildman–Crippen LogP) is 5.23. The molecule has 0 fully saturated rings. The number of hydrogen-bond acceptors (Lipinski definition) is 2. The molecule has 0 spiro atoms. The van der Waals surface area contributed by atoms with Gasteiger partial charge in [-0.25, -0.2) is 0 Å². The minimum atomic E-state index is 0. The highest BCUT2D eigenvalue weighted by Crippen LogP contribution is 2.34. The number of benzene rings is 1. The van der Waals surface area contributed by atoms with E-state index < -0.39 is 0 Å². The molecule has 0 saturated heterocycles. The van der Waals surface area contributed by atoms with Gasteiger partial charge in [-0.2, -0.15) is 0 Å². The SMILES string of the molecule is CCC[C@@H](CCNC)Oc1cc(Cl)c(Cl)c(Cl)c1.Cl. The molecule has 0 heterocycles. The Bertz CT molecular complexity index is 364. The maximum absolute atomic E-state index is 5.98. The van der Waals surface area contributed by atoms with E-state index in [9.17, 15) is 0 Å². The maximum Gasteiger partial charge on any atom is 0.122 e. The molecule has 0 aliphatic rings. The molecule has 1 rings (SSSR count). The normalized spacial score (nSPS) is 11.8. The zero-order valence-corrected chi connectivity index (χ0v) is 14.1. The third-order valence-electron chi connectivity index (χ3n) is 2.59. The molecule has 1 aromatic rings. The van der Waals surface area contributed by atoms with E-state index in [1.165, 1.54) is 0 Å². The summed E-state index contributed by atoms with van der Waals surface area (Å²) in [4.78, 5) is 0. The number of halogens is 4. The second-order valence-corrected chi connectivity index (χ2v) is 5.31. The van der Waals surface area contributed by atoms with Crippen LogP contribution in [0.25, 0.3) is 0 Å². The molecule has 0 radical (unpaired) electrons. The average molecular weight is 347 g/mol. The largest absolute Gasteiger partial charge is 0.490 e. The quantitative estimate of drug-likeness (QED) is 0.683. The molecule has 2 nitrogen and oxygen atoms in total. The first-order valence-corrected chi connectivity index (χ1v) is 7.17. The Morgan fingerprint density at radius 3 is 2.21 bits per heavy atom. The van der Waals surface area contributed by atoms with Gasteiger partial charge in [0.2, 0.25) is 0 Å². The Labute approximate surface area is 136 Å². The van der Waals surface area contributed by atoms with Crippen molar-refractivity contribution < 1.29 is 4.74 Å². The third kappa shape index (κ3) is 6.42. The van der Waals surface area contributed by atoms with Crippen LogP contribution in [0.15, 0.2) is 12.1 Å². The van der Waals surface area contributed by atoms with Gasteiger partial charge in [-0.15, -0.1) is 12.4 Å². The summed E-state index contributed by atoms with van der Waals surface area (Å²) in [7, 11) is 1.93. The molecule has 6 heteroatoms. The van der Waals surface area contributed by atoms with Crippen molar-refractivity contribution in [1.29, 1.82) is 0 Å². The van der Waals surface area contributed by atoms with Gasteiger partial charge in [-0.3, -0.25) is 0 Å². The first-order chi connectivity index (χ1) is 8.58. The fraction of sp³-hybridized carbons (Fsp3) is 0.538. The molecule has 0 bridgehead atoms. The molecule has 0 unspecified atom stereocenters. The van der Waals surface area contributed by atoms with E-state index in [1.807, 2.05) is 7.05 Å². The van der Waals surface area contributed by atoms with E-state index in [1.54, 1.807) is 12.1 Å². The van der Waals surface area contributed by atoms with Crippen molar-refractivity contribution in [1.82, 2.24) is 5.32 Å². The molecule has 1 aromatic carbocycles. The highest BCUT2D eigenvalue weighted by Gasteiger charge is 2.12. The lowest BCUT2D eigenvalue weighted by atomic mass is 10.1. The van der Waals surface area contributed by atoms with Crippen molar-refractivity contribution in [3.8, 4) is 5.75 Å². The molecule has 110 valence electrons. The smallest absolute Gasteiger partial charge is 0.122 e. The summed E-state index contributed by atoms with van der Waals surface area (Å²) < 4.78 is 5.91. The molecule has 0 aliphatic carbocycles. The molecule has 19 heavy (non-hydrogen) atoms. The van der Waals surface area contributed by atoms with Crippen molar-refractivity contribution in [3.63, 3.8) is 0 Å². The highest BCUT2D eigenvalue weighted by atomic mass is 35.5. The lowest BCUT2D eigenvalue weighted by Crippen LogP contribution is -2.22. The summed E-state index contributed by atoms with van der Waals surface area (Å²) in [6, 6.07) is 3.41. The number of hydrogen-bond donors (Lipinski definition) is 1. The monoisotopic (exact) mass is 345 g/mol. The molecule has 0 aliphatic heterocycles. The van der Waals surface area contributed by atoms with Crippen molar-refractivity contribution in [3.05, 3.63) is 27.2 Å². The Balaban J connectivity index is 0.00000324. The Kier molecular flexibility index (Phi) is 10.0. The molecular weight excluding hydrogens is 328 g/mol. The first-order valence-electron chi connectivity index (χ1n) is 6.04. The first kappa shape index (κ1) is 19.1. The van der Waals surface area contributed by atoms with Crippen LogP contribution < -0.4 is 10.1 Å². The molecule has 1 atom stereocenters. The fourth-order valence-corrected chi connectivity index (χ4v) is 2.26. The number of rotatable bonds is 7. The van der Waals surface area contributed by atoms with Crippen LogP contribution in [0.4, 0.5) is 0 Å². The molecule has 0 amide bonds. The summed E-state index contributed by atoms with van der Waals surface area (Å²) in [6.07, 6.45) is 3.18. The summed E-state index contributed by atoms with van der Waals surface area (Å²) in [5.41, 5.74) is 0. The van der Waals surface area contributed by atoms with Crippen LogP contribution in [0, 0.1) is 0 Å². The van der Waals surface area contributed by atoms with Gasteiger partial charge in [0, 0.05) is 12.1 Å². The van der Waals surface area contributed by atoms with E-state index in [4.69, 9.17) is 39.5 Å². The third-order valence-corrected chi connectivity index (χ3v) is 3.78. The molecule has 0 saturated carbocycles. The summed E-state index contributed by atoms with van der Waals surface area (Å²) in [5.74, 6) is 0.670. The van der Waals surface area contributed by atoms with Crippen LogP contribution in [0.3, 0.4) is 0 Å². The fourth-order valence-electron chi connectivity index (χ4n) is 1.68. The average Bonchev–Trinajstić information content (AvgIpc) is 2.33. The van der Waals surface area contributed by atoms with Gasteiger partial charge in [-0.05, 0) is 26.4 Å². The van der Waals surface area contributed by atoms with Crippen LogP contribution in [-0.4, -0.2) is 19.7 Å². The van der Waals surface area contributed by atoms with Crippen molar-refractivity contribution >= 4 is 47.2 Å². The molecule has 0 aromatic heterocycles. The Hall–Kier alpha value is 0.140. The molecular formula is C13H19Cl4NO. The van der Waals surface area contributed by atoms with Gasteiger partial charge < -0.3 is 10.1 Å². The van der Waals surface area contributed by atoms with Gasteiger partial charge in [0.1, 0.15) is 5.75 Å². The predicted molar refractivity (Wildman–Crippen MR) is 86.6 cm³/mol.